The Balaban J connectivity index is 2.31. The topological polar surface area (TPSA) is 34.0 Å². The smallest absolute Gasteiger partial charge is 0.259 e. The fourth-order valence-electron chi connectivity index (χ4n) is 1.90. The second-order valence-electron chi connectivity index (χ2n) is 4.13. The maximum absolute atomic E-state index is 12.1. The Morgan fingerprint density at radius 2 is 2.31 bits per heavy atom. The van der Waals surface area contributed by atoms with E-state index in [0.29, 0.717) is 5.92 Å². The van der Waals surface area contributed by atoms with Crippen LogP contribution < -0.4 is 10.9 Å². The number of thiophene rings is 1. The van der Waals surface area contributed by atoms with Crippen LogP contribution in [-0.2, 0) is 6.54 Å². The number of hydrogen-bond donors (Lipinski definition) is 1. The standard InChI is InChI=1S/C12H16N2OS/c1-9(7-13-2)8-14-5-3-11-10(12(14)15)4-6-16-11/h3-6,9,13H,7-8H2,1-2H3. The molecule has 1 unspecified atom stereocenters. The van der Waals surface area contributed by atoms with Crippen molar-refractivity contribution >= 4 is 21.4 Å². The van der Waals surface area contributed by atoms with E-state index in [-0.39, 0.29) is 5.56 Å². The van der Waals surface area contributed by atoms with Gasteiger partial charge in [0.2, 0.25) is 0 Å². The third kappa shape index (κ3) is 2.18. The Morgan fingerprint density at radius 3 is 3.06 bits per heavy atom. The van der Waals surface area contributed by atoms with Gasteiger partial charge in [0, 0.05) is 17.4 Å². The van der Waals surface area contributed by atoms with Crippen LogP contribution >= 0.6 is 11.3 Å². The summed E-state index contributed by atoms with van der Waals surface area (Å²) in [6.07, 6.45) is 1.90. The lowest BCUT2D eigenvalue weighted by molar-refractivity contribution is 0.456. The van der Waals surface area contributed by atoms with Crippen molar-refractivity contribution in [3.8, 4) is 0 Å². The van der Waals surface area contributed by atoms with E-state index in [0.717, 1.165) is 23.2 Å². The first kappa shape index (κ1) is 11.4. The second kappa shape index (κ2) is 4.80. The number of aromatic nitrogens is 1. The number of nitrogens with zero attached hydrogens (tertiary/aromatic N) is 1. The van der Waals surface area contributed by atoms with Crippen LogP contribution in [0.5, 0.6) is 0 Å². The monoisotopic (exact) mass is 236 g/mol. The Labute approximate surface area is 98.7 Å². The molecule has 0 fully saturated rings. The highest BCUT2D eigenvalue weighted by Crippen LogP contribution is 2.16. The third-order valence-electron chi connectivity index (χ3n) is 2.65. The van der Waals surface area contributed by atoms with E-state index >= 15 is 0 Å². The van der Waals surface area contributed by atoms with Gasteiger partial charge in [-0.15, -0.1) is 11.3 Å². The minimum atomic E-state index is 0.127. The SMILES string of the molecule is CNCC(C)Cn1ccc2sccc2c1=O. The zero-order chi connectivity index (χ0) is 11.5. The molecule has 4 heteroatoms. The molecule has 16 heavy (non-hydrogen) atoms. The van der Waals surface area contributed by atoms with E-state index in [9.17, 15) is 4.79 Å². The third-order valence-corrected chi connectivity index (χ3v) is 3.54. The van der Waals surface area contributed by atoms with Crippen molar-refractivity contribution in [1.82, 2.24) is 9.88 Å². The Hall–Kier alpha value is -1.13. The average Bonchev–Trinajstić information content (AvgIpc) is 2.71. The zero-order valence-corrected chi connectivity index (χ0v) is 10.4. The molecule has 2 rings (SSSR count). The van der Waals surface area contributed by atoms with Crippen LogP contribution in [-0.4, -0.2) is 18.2 Å². The van der Waals surface area contributed by atoms with Gasteiger partial charge in [0.05, 0.1) is 5.39 Å². The van der Waals surface area contributed by atoms with Crippen LogP contribution in [0.4, 0.5) is 0 Å². The maximum Gasteiger partial charge on any atom is 0.259 e. The van der Waals surface area contributed by atoms with Crippen LogP contribution in [0.2, 0.25) is 0 Å². The number of nitrogens with one attached hydrogen (secondary N) is 1. The highest BCUT2D eigenvalue weighted by Gasteiger charge is 2.06. The number of fused-ring (bicyclic) bond motifs is 1. The molecule has 2 aromatic rings. The second-order valence-corrected chi connectivity index (χ2v) is 5.08. The lowest BCUT2D eigenvalue weighted by atomic mass is 10.2. The molecule has 1 N–H and O–H groups in total. The average molecular weight is 236 g/mol. The summed E-state index contributed by atoms with van der Waals surface area (Å²) >= 11 is 1.61. The lowest BCUT2D eigenvalue weighted by Gasteiger charge is -2.12. The summed E-state index contributed by atoms with van der Waals surface area (Å²) in [6.45, 7) is 3.83. The molecule has 86 valence electrons. The first-order chi connectivity index (χ1) is 7.72. The molecule has 1 atom stereocenters. The molecule has 0 saturated carbocycles. The predicted octanol–water partition coefficient (Wildman–Crippen LogP) is 1.92. The van der Waals surface area contributed by atoms with E-state index < -0.39 is 0 Å². The minimum Gasteiger partial charge on any atom is -0.319 e. The number of pyridine rings is 1. The van der Waals surface area contributed by atoms with Crippen molar-refractivity contribution in [1.29, 1.82) is 0 Å². The van der Waals surface area contributed by atoms with Crippen LogP contribution in [0.25, 0.3) is 10.1 Å². The van der Waals surface area contributed by atoms with Gasteiger partial charge in [-0.3, -0.25) is 4.79 Å². The largest absolute Gasteiger partial charge is 0.319 e. The van der Waals surface area contributed by atoms with Crippen molar-refractivity contribution in [2.75, 3.05) is 13.6 Å². The molecule has 0 aliphatic rings. The van der Waals surface area contributed by atoms with Gasteiger partial charge in [-0.05, 0) is 37.0 Å². The summed E-state index contributed by atoms with van der Waals surface area (Å²) in [5.74, 6) is 0.457. The van der Waals surface area contributed by atoms with Crippen molar-refractivity contribution in [2.45, 2.75) is 13.5 Å². The Bertz CT molecular complexity index is 529. The van der Waals surface area contributed by atoms with Gasteiger partial charge in [0.1, 0.15) is 0 Å². The molecule has 0 spiro atoms. The summed E-state index contributed by atoms with van der Waals surface area (Å²) in [5.41, 5.74) is 0.127. The van der Waals surface area contributed by atoms with Crippen LogP contribution in [0.3, 0.4) is 0 Å². The molecule has 0 saturated heterocycles. The molecule has 2 heterocycles. The fraction of sp³-hybridized carbons (Fsp3) is 0.417. The molecule has 0 amide bonds. The van der Waals surface area contributed by atoms with E-state index in [1.54, 1.807) is 15.9 Å². The summed E-state index contributed by atoms with van der Waals surface area (Å²) in [5, 5.41) is 5.93. The molecule has 0 aliphatic carbocycles. The molecular formula is C12H16N2OS. The first-order valence-electron chi connectivity index (χ1n) is 5.43. The van der Waals surface area contributed by atoms with Gasteiger partial charge in [0.15, 0.2) is 0 Å². The van der Waals surface area contributed by atoms with Crippen LogP contribution in [0, 0.1) is 5.92 Å². The maximum atomic E-state index is 12.1. The number of rotatable bonds is 4. The highest BCUT2D eigenvalue weighted by molar-refractivity contribution is 7.17. The van der Waals surface area contributed by atoms with E-state index in [4.69, 9.17) is 0 Å². The van der Waals surface area contributed by atoms with Gasteiger partial charge in [-0.25, -0.2) is 0 Å². The number of hydrogen-bond acceptors (Lipinski definition) is 3. The van der Waals surface area contributed by atoms with E-state index in [1.807, 2.05) is 30.8 Å². The summed E-state index contributed by atoms with van der Waals surface area (Å²) in [6, 6.07) is 3.93. The normalized spacial score (nSPS) is 13.1. The van der Waals surface area contributed by atoms with Crippen molar-refractivity contribution < 1.29 is 0 Å². The molecule has 0 bridgehead atoms. The fourth-order valence-corrected chi connectivity index (χ4v) is 2.67. The molecule has 2 aromatic heterocycles. The van der Waals surface area contributed by atoms with Gasteiger partial charge < -0.3 is 9.88 Å². The van der Waals surface area contributed by atoms with Crippen molar-refractivity contribution in [3.05, 3.63) is 34.1 Å². The Morgan fingerprint density at radius 1 is 1.50 bits per heavy atom. The van der Waals surface area contributed by atoms with Crippen molar-refractivity contribution in [3.63, 3.8) is 0 Å². The molecule has 3 nitrogen and oxygen atoms in total. The zero-order valence-electron chi connectivity index (χ0n) is 9.56. The quantitative estimate of drug-likeness (QED) is 0.880. The van der Waals surface area contributed by atoms with Gasteiger partial charge in [0.25, 0.3) is 5.56 Å². The van der Waals surface area contributed by atoms with E-state index in [2.05, 4.69) is 12.2 Å². The molecule has 0 aromatic carbocycles. The van der Waals surface area contributed by atoms with Crippen LogP contribution in [0.1, 0.15) is 6.92 Å². The van der Waals surface area contributed by atoms with Crippen LogP contribution in [0.15, 0.2) is 28.5 Å². The summed E-state index contributed by atoms with van der Waals surface area (Å²) in [4.78, 5) is 12.1. The first-order valence-corrected chi connectivity index (χ1v) is 6.31. The summed E-state index contributed by atoms with van der Waals surface area (Å²) in [7, 11) is 1.93. The van der Waals surface area contributed by atoms with E-state index in [1.165, 1.54) is 0 Å². The summed E-state index contributed by atoms with van der Waals surface area (Å²) < 4.78 is 2.87. The predicted molar refractivity (Wildman–Crippen MR) is 69.2 cm³/mol. The minimum absolute atomic E-state index is 0.127. The molecule has 0 radical (unpaired) electrons. The van der Waals surface area contributed by atoms with Gasteiger partial charge >= 0.3 is 0 Å². The highest BCUT2D eigenvalue weighted by atomic mass is 32.1. The lowest BCUT2D eigenvalue weighted by Crippen LogP contribution is -2.26. The van der Waals surface area contributed by atoms with Gasteiger partial charge in [-0.2, -0.15) is 0 Å². The molecular weight excluding hydrogens is 220 g/mol. The van der Waals surface area contributed by atoms with Crippen molar-refractivity contribution in [2.24, 2.45) is 5.92 Å². The molecule has 0 aliphatic heterocycles. The van der Waals surface area contributed by atoms with Gasteiger partial charge in [-0.1, -0.05) is 6.92 Å². The Kier molecular flexibility index (Phi) is 3.41.